The minimum absolute atomic E-state index is 0.0697. The van der Waals surface area contributed by atoms with Crippen LogP contribution in [-0.4, -0.2) is 33.1 Å². The monoisotopic (exact) mass is 433 g/mol. The standard InChI is InChI=1S/C25H27N3O4/c1-4-26-23(10-7-15-28(2)19-8-5-6-9-20(19)30-3)27-24(29)25(13-14-25)18-11-12-21-22(16-18)32-17-31-21/h4-12,15-16H,13-14,17H2,1-3H3,(H,27,29)/b15-7+,23-10+,26-4-. The van der Waals surface area contributed by atoms with E-state index in [0.29, 0.717) is 17.3 Å². The number of nitrogens with zero attached hydrogens (tertiary/aromatic N) is 2. The summed E-state index contributed by atoms with van der Waals surface area (Å²) < 4.78 is 16.3. The number of ether oxygens (including phenoxy) is 3. The molecule has 1 fully saturated rings. The second-order valence-electron chi connectivity index (χ2n) is 7.67. The van der Waals surface area contributed by atoms with Crippen LogP contribution < -0.4 is 24.4 Å². The molecule has 0 saturated heterocycles. The Kier molecular flexibility index (Phi) is 6.16. The Balaban J connectivity index is 1.48. The first-order valence-electron chi connectivity index (χ1n) is 10.5. The fourth-order valence-electron chi connectivity index (χ4n) is 3.72. The highest BCUT2D eigenvalue weighted by molar-refractivity contribution is 5.92. The average Bonchev–Trinajstić information content (AvgIpc) is 3.49. The Hall–Kier alpha value is -3.74. The number of methoxy groups -OCH3 is 1. The van der Waals surface area contributed by atoms with Crippen LogP contribution in [0.15, 0.2) is 71.6 Å². The molecule has 0 unspecified atom stereocenters. The lowest BCUT2D eigenvalue weighted by Crippen LogP contribution is -2.33. The zero-order valence-corrected chi connectivity index (χ0v) is 18.5. The Labute approximate surface area is 188 Å². The molecule has 0 bridgehead atoms. The molecule has 4 rings (SSSR count). The van der Waals surface area contributed by atoms with Crippen LogP contribution in [0.2, 0.25) is 0 Å². The van der Waals surface area contributed by atoms with Gasteiger partial charge in [0.05, 0.1) is 18.2 Å². The number of benzene rings is 2. The van der Waals surface area contributed by atoms with Crippen molar-refractivity contribution in [2.45, 2.75) is 25.2 Å². The zero-order chi connectivity index (χ0) is 22.6. The van der Waals surface area contributed by atoms with Crippen molar-refractivity contribution in [2.24, 2.45) is 4.99 Å². The van der Waals surface area contributed by atoms with Gasteiger partial charge in [-0.25, -0.2) is 4.99 Å². The molecule has 1 saturated carbocycles. The van der Waals surface area contributed by atoms with Crippen molar-refractivity contribution in [2.75, 3.05) is 25.9 Å². The number of fused-ring (bicyclic) bond motifs is 1. The number of amides is 1. The quantitative estimate of drug-likeness (QED) is 0.500. The molecule has 32 heavy (non-hydrogen) atoms. The van der Waals surface area contributed by atoms with Crippen LogP contribution in [-0.2, 0) is 10.2 Å². The molecule has 1 aliphatic carbocycles. The summed E-state index contributed by atoms with van der Waals surface area (Å²) in [7, 11) is 3.58. The van der Waals surface area contributed by atoms with E-state index in [2.05, 4.69) is 10.3 Å². The number of anilines is 1. The summed E-state index contributed by atoms with van der Waals surface area (Å²) in [5, 5.41) is 2.98. The number of nitrogens with one attached hydrogen (secondary N) is 1. The smallest absolute Gasteiger partial charge is 0.236 e. The van der Waals surface area contributed by atoms with E-state index in [0.717, 1.165) is 29.8 Å². The third-order valence-corrected chi connectivity index (χ3v) is 5.65. The zero-order valence-electron chi connectivity index (χ0n) is 18.5. The minimum atomic E-state index is -0.554. The molecule has 0 atom stereocenters. The lowest BCUT2D eigenvalue weighted by Gasteiger charge is -2.17. The van der Waals surface area contributed by atoms with E-state index in [1.54, 1.807) is 19.4 Å². The molecular weight excluding hydrogens is 406 g/mol. The van der Waals surface area contributed by atoms with Gasteiger partial charge < -0.3 is 24.4 Å². The maximum Gasteiger partial charge on any atom is 0.236 e. The molecule has 0 spiro atoms. The highest BCUT2D eigenvalue weighted by Crippen LogP contribution is 2.50. The predicted molar refractivity (Wildman–Crippen MR) is 124 cm³/mol. The van der Waals surface area contributed by atoms with Crippen LogP contribution in [0.3, 0.4) is 0 Å². The lowest BCUT2D eigenvalue weighted by atomic mass is 9.94. The van der Waals surface area contributed by atoms with Crippen LogP contribution in [0, 0.1) is 0 Å². The van der Waals surface area contributed by atoms with E-state index in [-0.39, 0.29) is 12.7 Å². The molecule has 1 aliphatic heterocycles. The summed E-state index contributed by atoms with van der Waals surface area (Å²) in [6, 6.07) is 13.5. The molecule has 2 aromatic carbocycles. The van der Waals surface area contributed by atoms with Gasteiger partial charge >= 0.3 is 0 Å². The molecule has 0 aromatic heterocycles. The normalized spacial score (nSPS) is 16.4. The van der Waals surface area contributed by atoms with Gasteiger partial charge in [-0.3, -0.25) is 4.79 Å². The summed E-state index contributed by atoms with van der Waals surface area (Å²) in [5.74, 6) is 2.59. The van der Waals surface area contributed by atoms with Crippen molar-refractivity contribution in [1.29, 1.82) is 0 Å². The number of carbonyl (C=O) groups is 1. The van der Waals surface area contributed by atoms with E-state index in [1.807, 2.05) is 73.6 Å². The molecule has 2 aliphatic rings. The Bertz CT molecular complexity index is 1090. The Morgan fingerprint density at radius 2 is 1.97 bits per heavy atom. The predicted octanol–water partition coefficient (Wildman–Crippen LogP) is 4.15. The van der Waals surface area contributed by atoms with Crippen molar-refractivity contribution < 1.29 is 19.0 Å². The molecule has 7 nitrogen and oxygen atoms in total. The molecule has 0 radical (unpaired) electrons. The Morgan fingerprint density at radius 1 is 1.19 bits per heavy atom. The largest absolute Gasteiger partial charge is 0.495 e. The van der Waals surface area contributed by atoms with E-state index in [9.17, 15) is 4.79 Å². The summed E-state index contributed by atoms with van der Waals surface area (Å²) in [6.45, 7) is 2.03. The van der Waals surface area contributed by atoms with Crippen molar-refractivity contribution in [1.82, 2.24) is 5.32 Å². The second-order valence-corrected chi connectivity index (χ2v) is 7.67. The van der Waals surface area contributed by atoms with E-state index >= 15 is 0 Å². The highest BCUT2D eigenvalue weighted by atomic mass is 16.7. The first-order chi connectivity index (χ1) is 15.6. The second kappa shape index (κ2) is 9.18. The lowest BCUT2D eigenvalue weighted by molar-refractivity contribution is -0.122. The van der Waals surface area contributed by atoms with Gasteiger partial charge in [-0.05, 0) is 61.7 Å². The van der Waals surface area contributed by atoms with Crippen molar-refractivity contribution in [3.05, 3.63) is 72.2 Å². The van der Waals surface area contributed by atoms with Gasteiger partial charge in [0.25, 0.3) is 0 Å². The Morgan fingerprint density at radius 3 is 2.72 bits per heavy atom. The van der Waals surface area contributed by atoms with Crippen LogP contribution in [0.5, 0.6) is 17.2 Å². The minimum Gasteiger partial charge on any atom is -0.495 e. The fourth-order valence-corrected chi connectivity index (χ4v) is 3.72. The van der Waals surface area contributed by atoms with E-state index < -0.39 is 5.41 Å². The first-order valence-corrected chi connectivity index (χ1v) is 10.5. The summed E-state index contributed by atoms with van der Waals surface area (Å²) in [4.78, 5) is 19.4. The number of hydrogen-bond donors (Lipinski definition) is 1. The fraction of sp³-hybridized carbons (Fsp3) is 0.280. The van der Waals surface area contributed by atoms with Crippen LogP contribution >= 0.6 is 0 Å². The number of rotatable bonds is 8. The molecular formula is C25H27N3O4. The van der Waals surface area contributed by atoms with E-state index in [1.165, 1.54) is 0 Å². The molecule has 166 valence electrons. The molecule has 7 heteroatoms. The maximum atomic E-state index is 13.2. The van der Waals surface area contributed by atoms with Gasteiger partial charge in [0.15, 0.2) is 11.5 Å². The highest BCUT2D eigenvalue weighted by Gasteiger charge is 2.51. The van der Waals surface area contributed by atoms with Gasteiger partial charge in [0.1, 0.15) is 11.6 Å². The topological polar surface area (TPSA) is 72.4 Å². The number of carbonyl (C=O) groups excluding carboxylic acids is 1. The molecule has 1 amide bonds. The molecule has 2 aromatic rings. The number of hydrogen-bond acceptors (Lipinski definition) is 6. The number of allylic oxidation sites excluding steroid dienone is 2. The van der Waals surface area contributed by atoms with Crippen LogP contribution in [0.25, 0.3) is 0 Å². The third kappa shape index (κ3) is 4.32. The SMILES string of the molecule is C\C=N/C(=C\C=C\N(C)c1ccccc1OC)NC(=O)C1(c2ccc3c(c2)OCO3)CC1. The van der Waals surface area contributed by atoms with Crippen LogP contribution in [0.4, 0.5) is 5.69 Å². The van der Waals surface area contributed by atoms with E-state index in [4.69, 9.17) is 14.2 Å². The van der Waals surface area contributed by atoms with Crippen LogP contribution in [0.1, 0.15) is 25.3 Å². The summed E-state index contributed by atoms with van der Waals surface area (Å²) in [5.41, 5.74) is 1.32. The van der Waals surface area contributed by atoms with Gasteiger partial charge in [0, 0.05) is 19.5 Å². The summed E-state index contributed by atoms with van der Waals surface area (Å²) in [6.07, 6.45) is 8.74. The van der Waals surface area contributed by atoms with Crippen molar-refractivity contribution in [3.8, 4) is 17.2 Å². The number of para-hydroxylation sites is 2. The first kappa shape index (κ1) is 21.5. The van der Waals surface area contributed by atoms with Gasteiger partial charge in [-0.2, -0.15) is 0 Å². The molecule has 1 heterocycles. The number of aliphatic imine (C=N–C) groups is 1. The molecule has 1 N–H and O–H groups in total. The van der Waals surface area contributed by atoms with Gasteiger partial charge in [0.2, 0.25) is 12.7 Å². The third-order valence-electron chi connectivity index (χ3n) is 5.65. The van der Waals surface area contributed by atoms with Crippen molar-refractivity contribution in [3.63, 3.8) is 0 Å². The van der Waals surface area contributed by atoms with Crippen molar-refractivity contribution >= 4 is 17.8 Å². The van der Waals surface area contributed by atoms with Gasteiger partial charge in [-0.15, -0.1) is 0 Å². The average molecular weight is 434 g/mol. The summed E-state index contributed by atoms with van der Waals surface area (Å²) >= 11 is 0. The maximum absolute atomic E-state index is 13.2. The van der Waals surface area contributed by atoms with Gasteiger partial charge in [-0.1, -0.05) is 18.2 Å².